The lowest BCUT2D eigenvalue weighted by atomic mass is 9.95. The average Bonchev–Trinajstić information content (AvgIpc) is 3.09. The molecule has 0 spiro atoms. The Bertz CT molecular complexity index is 594. The third kappa shape index (κ3) is 2.81. The molecule has 1 aliphatic heterocycles. The van der Waals surface area contributed by atoms with Gasteiger partial charge in [0, 0.05) is 23.5 Å². The number of Topliss-reactive ketones (excluding diaryl/α,β-unsaturated/α-hetero) is 1. The van der Waals surface area contributed by atoms with Crippen molar-refractivity contribution in [2.75, 3.05) is 6.61 Å². The van der Waals surface area contributed by atoms with Gasteiger partial charge in [-0.1, -0.05) is 30.3 Å². The van der Waals surface area contributed by atoms with Crippen LogP contribution in [0.1, 0.15) is 18.4 Å². The highest BCUT2D eigenvalue weighted by Gasteiger charge is 2.30. The van der Waals surface area contributed by atoms with Crippen molar-refractivity contribution >= 4 is 17.1 Å². The van der Waals surface area contributed by atoms with Crippen molar-refractivity contribution < 1.29 is 9.53 Å². The van der Waals surface area contributed by atoms with Crippen LogP contribution in [0.5, 0.6) is 0 Å². The van der Waals surface area contributed by atoms with Crippen molar-refractivity contribution in [3.63, 3.8) is 0 Å². The first-order valence-corrected chi connectivity index (χ1v) is 7.76. The van der Waals surface area contributed by atoms with Crippen LogP contribution in [0.15, 0.2) is 35.7 Å². The average molecular weight is 287 g/mol. The molecule has 2 atom stereocenters. The summed E-state index contributed by atoms with van der Waals surface area (Å²) in [7, 11) is 0. The topological polar surface area (TPSA) is 39.2 Å². The highest BCUT2D eigenvalue weighted by Crippen LogP contribution is 2.26. The van der Waals surface area contributed by atoms with Crippen molar-refractivity contribution in [1.29, 1.82) is 0 Å². The Morgan fingerprint density at radius 2 is 2.20 bits per heavy atom. The Morgan fingerprint density at radius 1 is 1.40 bits per heavy atom. The van der Waals surface area contributed by atoms with Crippen LogP contribution in [0.2, 0.25) is 0 Å². The highest BCUT2D eigenvalue weighted by molar-refractivity contribution is 7.10. The van der Waals surface area contributed by atoms with Crippen molar-refractivity contribution in [3.8, 4) is 11.3 Å². The van der Waals surface area contributed by atoms with E-state index in [0.717, 1.165) is 22.7 Å². The number of ketones is 1. The van der Waals surface area contributed by atoms with Crippen molar-refractivity contribution in [2.24, 2.45) is 5.92 Å². The minimum atomic E-state index is 0.0408. The minimum absolute atomic E-state index is 0.0408. The summed E-state index contributed by atoms with van der Waals surface area (Å²) in [6, 6.07) is 10.1. The van der Waals surface area contributed by atoms with Crippen LogP contribution in [0.4, 0.5) is 0 Å². The van der Waals surface area contributed by atoms with E-state index in [2.05, 4.69) is 4.98 Å². The zero-order valence-corrected chi connectivity index (χ0v) is 12.2. The molecule has 0 radical (unpaired) electrons. The second kappa shape index (κ2) is 5.85. The van der Waals surface area contributed by atoms with E-state index in [1.54, 1.807) is 11.3 Å². The minimum Gasteiger partial charge on any atom is -0.378 e. The Balaban J connectivity index is 1.70. The molecule has 0 saturated carbocycles. The van der Waals surface area contributed by atoms with Gasteiger partial charge in [-0.25, -0.2) is 4.98 Å². The van der Waals surface area contributed by atoms with Crippen LogP contribution in [0.25, 0.3) is 11.3 Å². The molecule has 2 unspecified atom stereocenters. The van der Waals surface area contributed by atoms with Gasteiger partial charge in [0.05, 0.1) is 18.2 Å². The summed E-state index contributed by atoms with van der Waals surface area (Å²) < 4.78 is 5.46. The lowest BCUT2D eigenvalue weighted by Gasteiger charge is -2.11. The Hall–Kier alpha value is -1.52. The summed E-state index contributed by atoms with van der Waals surface area (Å²) in [4.78, 5) is 16.8. The van der Waals surface area contributed by atoms with Gasteiger partial charge in [0.2, 0.25) is 0 Å². The molecule has 1 aliphatic rings. The molecule has 1 saturated heterocycles. The van der Waals surface area contributed by atoms with E-state index in [1.165, 1.54) is 0 Å². The number of hydrogen-bond donors (Lipinski definition) is 0. The zero-order chi connectivity index (χ0) is 13.9. The fraction of sp³-hybridized carbons (Fsp3) is 0.375. The first kappa shape index (κ1) is 13.5. The van der Waals surface area contributed by atoms with Crippen LogP contribution in [-0.4, -0.2) is 23.5 Å². The normalized spacial score (nSPS) is 22.1. The summed E-state index contributed by atoms with van der Waals surface area (Å²) >= 11 is 1.56. The number of rotatable bonds is 4. The molecule has 20 heavy (non-hydrogen) atoms. The fourth-order valence-electron chi connectivity index (χ4n) is 2.57. The second-order valence-electron chi connectivity index (χ2n) is 5.11. The zero-order valence-electron chi connectivity index (χ0n) is 11.4. The number of nitrogens with zero attached hydrogens (tertiary/aromatic N) is 1. The summed E-state index contributed by atoms with van der Waals surface area (Å²) in [6.07, 6.45) is 1.32. The third-order valence-corrected chi connectivity index (χ3v) is 4.59. The number of carbonyl (C=O) groups excluding carboxylic acids is 1. The maximum atomic E-state index is 12.3. The van der Waals surface area contributed by atoms with E-state index in [1.807, 2.05) is 42.6 Å². The molecular formula is C16H17NO2S. The fourth-order valence-corrected chi connectivity index (χ4v) is 3.38. The van der Waals surface area contributed by atoms with Gasteiger partial charge in [0.15, 0.2) is 0 Å². The molecule has 2 heterocycles. The number of aromatic nitrogens is 1. The number of ether oxygens (including phenoxy) is 1. The molecule has 0 amide bonds. The van der Waals surface area contributed by atoms with Crippen LogP contribution < -0.4 is 0 Å². The maximum absolute atomic E-state index is 12.3. The van der Waals surface area contributed by atoms with Gasteiger partial charge in [-0.2, -0.15) is 0 Å². The van der Waals surface area contributed by atoms with Crippen LogP contribution in [0, 0.1) is 5.92 Å². The molecule has 0 N–H and O–H groups in total. The van der Waals surface area contributed by atoms with Gasteiger partial charge in [-0.15, -0.1) is 11.3 Å². The van der Waals surface area contributed by atoms with Crippen molar-refractivity contribution in [3.05, 3.63) is 40.7 Å². The number of thiazole rings is 1. The summed E-state index contributed by atoms with van der Waals surface area (Å²) in [6.45, 7) is 2.68. The molecule has 3 rings (SSSR count). The van der Waals surface area contributed by atoms with Crippen LogP contribution in [-0.2, 0) is 16.0 Å². The maximum Gasteiger partial charge on any atom is 0.145 e. The Morgan fingerprint density at radius 3 is 2.90 bits per heavy atom. The van der Waals surface area contributed by atoms with Gasteiger partial charge in [0.25, 0.3) is 0 Å². The predicted octanol–water partition coefficient (Wildman–Crippen LogP) is 3.35. The molecule has 2 aromatic rings. The van der Waals surface area contributed by atoms with E-state index in [9.17, 15) is 4.79 Å². The highest BCUT2D eigenvalue weighted by atomic mass is 32.1. The van der Waals surface area contributed by atoms with Gasteiger partial charge in [0.1, 0.15) is 10.8 Å². The molecule has 3 nitrogen and oxygen atoms in total. The molecule has 1 aromatic heterocycles. The molecule has 0 bridgehead atoms. The summed E-state index contributed by atoms with van der Waals surface area (Å²) in [5.41, 5.74) is 2.05. The Labute approximate surface area is 122 Å². The van der Waals surface area contributed by atoms with Crippen molar-refractivity contribution in [1.82, 2.24) is 4.98 Å². The quantitative estimate of drug-likeness (QED) is 0.865. The largest absolute Gasteiger partial charge is 0.378 e. The van der Waals surface area contributed by atoms with Crippen LogP contribution in [0.3, 0.4) is 0 Å². The predicted molar refractivity (Wildman–Crippen MR) is 79.8 cm³/mol. The van der Waals surface area contributed by atoms with Gasteiger partial charge >= 0.3 is 0 Å². The monoisotopic (exact) mass is 287 g/mol. The molecular weight excluding hydrogens is 270 g/mol. The van der Waals surface area contributed by atoms with E-state index in [4.69, 9.17) is 4.74 Å². The lowest BCUT2D eigenvalue weighted by molar-refractivity contribution is -0.123. The Kier molecular flexibility index (Phi) is 3.94. The van der Waals surface area contributed by atoms with Gasteiger partial charge < -0.3 is 4.74 Å². The molecule has 1 fully saturated rings. The number of hydrogen-bond acceptors (Lipinski definition) is 4. The summed E-state index contributed by atoms with van der Waals surface area (Å²) in [5.74, 6) is 0.294. The number of carbonyl (C=O) groups is 1. The molecule has 0 aliphatic carbocycles. The smallest absolute Gasteiger partial charge is 0.145 e. The van der Waals surface area contributed by atoms with E-state index >= 15 is 0 Å². The second-order valence-corrected chi connectivity index (χ2v) is 6.05. The molecule has 104 valence electrons. The standard InChI is InChI=1S/C16H17NO2S/c1-11-13(7-8-19-11)15(18)9-16-17-14(10-20-16)12-5-3-2-4-6-12/h2-6,10-11,13H,7-9H2,1H3. The number of benzene rings is 1. The van der Waals surface area contributed by atoms with Gasteiger partial charge in [-0.3, -0.25) is 4.79 Å². The van der Waals surface area contributed by atoms with Crippen LogP contribution >= 0.6 is 11.3 Å². The van der Waals surface area contributed by atoms with Gasteiger partial charge in [-0.05, 0) is 13.3 Å². The van der Waals surface area contributed by atoms with Crippen molar-refractivity contribution in [2.45, 2.75) is 25.9 Å². The first-order chi connectivity index (χ1) is 9.74. The lowest BCUT2D eigenvalue weighted by Crippen LogP contribution is -2.23. The summed E-state index contributed by atoms with van der Waals surface area (Å²) in [5, 5.41) is 2.92. The van der Waals surface area contributed by atoms with E-state index in [-0.39, 0.29) is 17.8 Å². The van der Waals surface area contributed by atoms with E-state index < -0.39 is 0 Å². The first-order valence-electron chi connectivity index (χ1n) is 6.88. The molecule has 4 heteroatoms. The third-order valence-electron chi connectivity index (χ3n) is 3.74. The SMILES string of the molecule is CC1OCCC1C(=O)Cc1nc(-c2ccccc2)cs1. The van der Waals surface area contributed by atoms with E-state index in [0.29, 0.717) is 13.0 Å². The molecule has 1 aromatic carbocycles.